The van der Waals surface area contributed by atoms with Crippen LogP contribution in [0.4, 0.5) is 13.2 Å². The molecule has 0 bridgehead atoms. The summed E-state index contributed by atoms with van der Waals surface area (Å²) in [4.78, 5) is 0. The summed E-state index contributed by atoms with van der Waals surface area (Å²) in [6.07, 6.45) is -4.54. The van der Waals surface area contributed by atoms with Crippen LogP contribution in [0.15, 0.2) is 42.5 Å². The van der Waals surface area contributed by atoms with E-state index < -0.39 is 12.2 Å². The predicted molar refractivity (Wildman–Crippen MR) is 61.7 cm³/mol. The number of fused-ring (bicyclic) bond motifs is 1. The van der Waals surface area contributed by atoms with E-state index in [4.69, 9.17) is 5.73 Å². The molecule has 0 saturated carbocycles. The van der Waals surface area contributed by atoms with Crippen LogP contribution in [0.5, 0.6) is 0 Å². The van der Waals surface area contributed by atoms with E-state index in [1.165, 1.54) is 0 Å². The first kappa shape index (κ1) is 11.9. The van der Waals surface area contributed by atoms with Crippen molar-refractivity contribution in [2.45, 2.75) is 18.6 Å². The van der Waals surface area contributed by atoms with Crippen molar-refractivity contribution in [1.82, 2.24) is 0 Å². The van der Waals surface area contributed by atoms with Gasteiger partial charge in [-0.05, 0) is 22.8 Å². The molecular weight excluding hydrogens is 227 g/mol. The fourth-order valence-electron chi connectivity index (χ4n) is 1.82. The van der Waals surface area contributed by atoms with Gasteiger partial charge in [0.25, 0.3) is 0 Å². The van der Waals surface area contributed by atoms with E-state index >= 15 is 0 Å². The molecule has 17 heavy (non-hydrogen) atoms. The molecule has 0 saturated heterocycles. The van der Waals surface area contributed by atoms with Gasteiger partial charge in [0.2, 0.25) is 0 Å². The molecule has 1 unspecified atom stereocenters. The number of benzene rings is 2. The van der Waals surface area contributed by atoms with E-state index in [0.717, 1.165) is 10.8 Å². The first-order valence-electron chi connectivity index (χ1n) is 5.27. The summed E-state index contributed by atoms with van der Waals surface area (Å²) < 4.78 is 37.2. The quantitative estimate of drug-likeness (QED) is 0.855. The predicted octanol–water partition coefficient (Wildman–Crippen LogP) is 3.27. The third kappa shape index (κ3) is 2.58. The minimum Gasteiger partial charge on any atom is -0.320 e. The van der Waals surface area contributed by atoms with Crippen molar-refractivity contribution in [1.29, 1.82) is 0 Å². The lowest BCUT2D eigenvalue weighted by Crippen LogP contribution is -2.39. The van der Waals surface area contributed by atoms with Crippen molar-refractivity contribution in [3.8, 4) is 0 Å². The average Bonchev–Trinajstić information content (AvgIpc) is 2.28. The zero-order chi connectivity index (χ0) is 12.5. The third-order valence-corrected chi connectivity index (χ3v) is 2.74. The van der Waals surface area contributed by atoms with Crippen molar-refractivity contribution >= 4 is 10.8 Å². The molecule has 1 nitrogen and oxygen atoms in total. The molecule has 2 aromatic carbocycles. The summed E-state index contributed by atoms with van der Waals surface area (Å²) in [7, 11) is 0. The molecule has 0 spiro atoms. The molecule has 0 radical (unpaired) electrons. The minimum absolute atomic E-state index is 0.190. The van der Waals surface area contributed by atoms with Gasteiger partial charge in [0.15, 0.2) is 0 Å². The third-order valence-electron chi connectivity index (χ3n) is 2.74. The highest BCUT2D eigenvalue weighted by Gasteiger charge is 2.36. The fourth-order valence-corrected chi connectivity index (χ4v) is 1.82. The van der Waals surface area contributed by atoms with Crippen LogP contribution in [0, 0.1) is 0 Å². The SMILES string of the molecule is NC(Cc1cccc2ccccc12)C(F)(F)F. The van der Waals surface area contributed by atoms with Gasteiger partial charge in [-0.25, -0.2) is 0 Å². The largest absolute Gasteiger partial charge is 0.403 e. The Hall–Kier alpha value is -1.55. The van der Waals surface area contributed by atoms with Gasteiger partial charge in [-0.3, -0.25) is 0 Å². The molecule has 0 heterocycles. The van der Waals surface area contributed by atoms with Crippen LogP contribution in [-0.2, 0) is 6.42 Å². The van der Waals surface area contributed by atoms with E-state index in [-0.39, 0.29) is 6.42 Å². The summed E-state index contributed by atoms with van der Waals surface area (Å²) in [5.41, 5.74) is 5.78. The molecule has 1 atom stereocenters. The number of nitrogens with two attached hydrogens (primary N) is 1. The summed E-state index contributed by atoms with van der Waals surface area (Å²) >= 11 is 0. The van der Waals surface area contributed by atoms with Crippen LogP contribution in [0.25, 0.3) is 10.8 Å². The van der Waals surface area contributed by atoms with Crippen molar-refractivity contribution < 1.29 is 13.2 Å². The van der Waals surface area contributed by atoms with Crippen LogP contribution in [0.2, 0.25) is 0 Å². The van der Waals surface area contributed by atoms with Crippen LogP contribution < -0.4 is 5.73 Å². The highest BCUT2D eigenvalue weighted by Crippen LogP contribution is 2.25. The van der Waals surface area contributed by atoms with Gasteiger partial charge >= 0.3 is 6.18 Å². The lowest BCUT2D eigenvalue weighted by Gasteiger charge is -2.16. The molecular formula is C13H12F3N. The Balaban J connectivity index is 2.36. The Morgan fingerprint density at radius 1 is 1.00 bits per heavy atom. The summed E-state index contributed by atoms with van der Waals surface area (Å²) in [5.74, 6) is 0. The van der Waals surface area contributed by atoms with Gasteiger partial charge in [-0.2, -0.15) is 13.2 Å². The van der Waals surface area contributed by atoms with Crippen LogP contribution in [0.1, 0.15) is 5.56 Å². The van der Waals surface area contributed by atoms with Crippen LogP contribution >= 0.6 is 0 Å². The minimum atomic E-state index is -4.35. The lowest BCUT2D eigenvalue weighted by molar-refractivity contribution is -0.147. The molecule has 0 aliphatic heterocycles. The number of hydrogen-bond donors (Lipinski definition) is 1. The highest BCUT2D eigenvalue weighted by molar-refractivity contribution is 5.85. The van der Waals surface area contributed by atoms with Crippen molar-refractivity contribution in [3.05, 3.63) is 48.0 Å². The second-order valence-corrected chi connectivity index (χ2v) is 3.99. The standard InChI is InChI=1S/C13H12F3N/c14-13(15,16)12(17)8-10-6-3-5-9-4-1-2-7-11(9)10/h1-7,12H,8,17H2. The van der Waals surface area contributed by atoms with Crippen LogP contribution in [-0.4, -0.2) is 12.2 Å². The Bertz CT molecular complexity index is 514. The maximum absolute atomic E-state index is 12.4. The van der Waals surface area contributed by atoms with E-state index in [1.54, 1.807) is 12.1 Å². The highest BCUT2D eigenvalue weighted by atomic mass is 19.4. The summed E-state index contributed by atoms with van der Waals surface area (Å²) in [6.45, 7) is 0. The van der Waals surface area contributed by atoms with E-state index in [9.17, 15) is 13.2 Å². The molecule has 2 rings (SSSR count). The Morgan fingerprint density at radius 2 is 1.65 bits per heavy atom. The molecule has 0 aliphatic carbocycles. The first-order chi connectivity index (χ1) is 7.98. The maximum Gasteiger partial charge on any atom is 0.403 e. The Morgan fingerprint density at radius 3 is 2.35 bits per heavy atom. The Kier molecular flexibility index (Phi) is 3.07. The molecule has 0 aliphatic rings. The van der Waals surface area contributed by atoms with Crippen molar-refractivity contribution in [2.24, 2.45) is 5.73 Å². The second-order valence-electron chi connectivity index (χ2n) is 3.99. The number of alkyl halides is 3. The number of hydrogen-bond acceptors (Lipinski definition) is 1. The van der Waals surface area contributed by atoms with Gasteiger partial charge < -0.3 is 5.73 Å². The average molecular weight is 239 g/mol. The maximum atomic E-state index is 12.4. The zero-order valence-corrected chi connectivity index (χ0v) is 9.04. The number of rotatable bonds is 2. The van der Waals surface area contributed by atoms with Crippen molar-refractivity contribution in [3.63, 3.8) is 0 Å². The fraction of sp³-hybridized carbons (Fsp3) is 0.231. The molecule has 0 fully saturated rings. The lowest BCUT2D eigenvalue weighted by atomic mass is 9.99. The van der Waals surface area contributed by atoms with Crippen molar-refractivity contribution in [2.75, 3.05) is 0 Å². The molecule has 0 aromatic heterocycles. The first-order valence-corrected chi connectivity index (χ1v) is 5.27. The van der Waals surface area contributed by atoms with Crippen LogP contribution in [0.3, 0.4) is 0 Å². The van der Waals surface area contributed by atoms with E-state index in [1.807, 2.05) is 30.3 Å². The summed E-state index contributed by atoms with van der Waals surface area (Å²) in [6, 6.07) is 10.9. The van der Waals surface area contributed by atoms with Gasteiger partial charge in [0.1, 0.15) is 6.04 Å². The van der Waals surface area contributed by atoms with E-state index in [0.29, 0.717) is 5.56 Å². The second kappa shape index (κ2) is 4.37. The molecule has 4 heteroatoms. The van der Waals surface area contributed by atoms with E-state index in [2.05, 4.69) is 0 Å². The van der Waals surface area contributed by atoms with Gasteiger partial charge in [-0.1, -0.05) is 42.5 Å². The molecule has 2 N–H and O–H groups in total. The monoisotopic (exact) mass is 239 g/mol. The Labute approximate surface area is 97.0 Å². The zero-order valence-electron chi connectivity index (χ0n) is 9.04. The number of halogens is 3. The topological polar surface area (TPSA) is 26.0 Å². The van der Waals surface area contributed by atoms with Gasteiger partial charge in [0.05, 0.1) is 0 Å². The van der Waals surface area contributed by atoms with Gasteiger partial charge in [0, 0.05) is 0 Å². The molecule has 0 amide bonds. The van der Waals surface area contributed by atoms with Gasteiger partial charge in [-0.15, -0.1) is 0 Å². The molecule has 90 valence electrons. The summed E-state index contributed by atoms with van der Waals surface area (Å²) in [5, 5.41) is 1.76. The smallest absolute Gasteiger partial charge is 0.320 e. The molecule has 2 aromatic rings. The normalized spacial score (nSPS) is 13.9.